The number of fused-ring (bicyclic) bond motifs is 1. The number of aromatic nitrogens is 1. The Labute approximate surface area is 185 Å². The lowest BCUT2D eigenvalue weighted by Gasteiger charge is -2.28. The monoisotopic (exact) mass is 441 g/mol. The van der Waals surface area contributed by atoms with Gasteiger partial charge in [0.25, 0.3) is 5.91 Å². The molecule has 162 valence electrons. The molecule has 0 saturated carbocycles. The molecule has 0 atom stereocenters. The summed E-state index contributed by atoms with van der Waals surface area (Å²) in [7, 11) is 3.21. The van der Waals surface area contributed by atoms with Crippen LogP contribution in [-0.4, -0.2) is 56.3 Å². The summed E-state index contributed by atoms with van der Waals surface area (Å²) in [5.41, 5.74) is 2.96. The van der Waals surface area contributed by atoms with Gasteiger partial charge in [-0.25, -0.2) is 0 Å². The van der Waals surface area contributed by atoms with Gasteiger partial charge >= 0.3 is 0 Å². The van der Waals surface area contributed by atoms with E-state index in [2.05, 4.69) is 10.3 Å². The fourth-order valence-electron chi connectivity index (χ4n) is 3.64. The second-order valence-corrected chi connectivity index (χ2v) is 7.59. The minimum Gasteiger partial charge on any atom is -0.493 e. The number of benzene rings is 2. The number of nitrogens with zero attached hydrogens (tertiary/aromatic N) is 2. The number of amides is 1. The van der Waals surface area contributed by atoms with E-state index in [9.17, 15) is 4.79 Å². The van der Waals surface area contributed by atoms with E-state index in [1.807, 2.05) is 30.3 Å². The fourth-order valence-corrected chi connectivity index (χ4v) is 3.81. The van der Waals surface area contributed by atoms with Gasteiger partial charge in [-0.2, -0.15) is 0 Å². The van der Waals surface area contributed by atoms with Crippen molar-refractivity contribution in [3.8, 4) is 11.5 Å². The molecule has 1 aliphatic heterocycles. The minimum atomic E-state index is -0.0764. The molecule has 3 aromatic rings. The average molecular weight is 442 g/mol. The zero-order valence-electron chi connectivity index (χ0n) is 17.5. The molecule has 0 radical (unpaired) electrons. The molecule has 0 aliphatic carbocycles. The van der Waals surface area contributed by atoms with Crippen LogP contribution in [0.25, 0.3) is 10.9 Å². The fraction of sp³-hybridized carbons (Fsp3) is 0.304. The summed E-state index contributed by atoms with van der Waals surface area (Å²) in [5.74, 6) is 1.23. The number of rotatable bonds is 6. The van der Waals surface area contributed by atoms with Crippen LogP contribution in [-0.2, 0) is 11.3 Å². The maximum absolute atomic E-state index is 13.3. The molecular formula is C23H24ClN3O4. The summed E-state index contributed by atoms with van der Waals surface area (Å²) in [6.07, 6.45) is 1.63. The van der Waals surface area contributed by atoms with Crippen molar-refractivity contribution >= 4 is 34.1 Å². The molecule has 0 spiro atoms. The predicted molar refractivity (Wildman–Crippen MR) is 120 cm³/mol. The molecule has 1 fully saturated rings. The second-order valence-electron chi connectivity index (χ2n) is 7.16. The Kier molecular flexibility index (Phi) is 6.44. The summed E-state index contributed by atoms with van der Waals surface area (Å²) < 4.78 is 16.1. The number of morpholine rings is 1. The highest BCUT2D eigenvalue weighted by Crippen LogP contribution is 2.31. The van der Waals surface area contributed by atoms with Crippen molar-refractivity contribution in [1.29, 1.82) is 0 Å². The van der Waals surface area contributed by atoms with E-state index in [1.54, 1.807) is 31.4 Å². The van der Waals surface area contributed by atoms with E-state index in [0.717, 1.165) is 16.5 Å². The van der Waals surface area contributed by atoms with E-state index >= 15 is 0 Å². The SMILES string of the molecule is COc1ccc(CNc2c(C(=O)N3CCOCC3)cnc3ccc(Cl)cc23)cc1OC. The standard InChI is InChI=1S/C23H24ClN3O4/c1-29-20-6-3-15(11-21(20)30-2)13-26-22-17-12-16(24)4-5-19(17)25-14-18(22)23(28)27-7-9-31-10-8-27/h3-6,11-12,14H,7-10,13H2,1-2H3,(H,25,26). The molecule has 4 rings (SSSR count). The quantitative estimate of drug-likeness (QED) is 0.623. The van der Waals surface area contributed by atoms with Gasteiger partial charge in [-0.3, -0.25) is 9.78 Å². The van der Waals surface area contributed by atoms with E-state index in [0.29, 0.717) is 60.6 Å². The van der Waals surface area contributed by atoms with Crippen molar-refractivity contribution in [3.63, 3.8) is 0 Å². The van der Waals surface area contributed by atoms with E-state index < -0.39 is 0 Å². The Morgan fingerprint density at radius 3 is 2.65 bits per heavy atom. The van der Waals surface area contributed by atoms with Crippen LogP contribution >= 0.6 is 11.6 Å². The van der Waals surface area contributed by atoms with Crippen LogP contribution in [0.3, 0.4) is 0 Å². The lowest BCUT2D eigenvalue weighted by molar-refractivity contribution is 0.0303. The van der Waals surface area contributed by atoms with Crippen LogP contribution in [0.5, 0.6) is 11.5 Å². The average Bonchev–Trinajstić information content (AvgIpc) is 2.82. The molecule has 1 aromatic heterocycles. The Morgan fingerprint density at radius 1 is 1.13 bits per heavy atom. The summed E-state index contributed by atoms with van der Waals surface area (Å²) in [4.78, 5) is 19.5. The highest BCUT2D eigenvalue weighted by molar-refractivity contribution is 6.31. The number of methoxy groups -OCH3 is 2. The predicted octanol–water partition coefficient (Wildman–Crippen LogP) is 3.99. The summed E-state index contributed by atoms with van der Waals surface area (Å²) in [6.45, 7) is 2.67. The molecule has 7 nitrogen and oxygen atoms in total. The zero-order valence-corrected chi connectivity index (χ0v) is 18.2. The molecule has 1 amide bonds. The Morgan fingerprint density at radius 2 is 1.90 bits per heavy atom. The third-order valence-corrected chi connectivity index (χ3v) is 5.51. The number of nitrogens with one attached hydrogen (secondary N) is 1. The largest absolute Gasteiger partial charge is 0.493 e. The zero-order chi connectivity index (χ0) is 21.8. The first-order valence-corrected chi connectivity index (χ1v) is 10.4. The van der Waals surface area contributed by atoms with Crippen LogP contribution in [0.15, 0.2) is 42.6 Å². The first-order chi connectivity index (χ1) is 15.1. The van der Waals surface area contributed by atoms with Crippen molar-refractivity contribution < 1.29 is 19.0 Å². The van der Waals surface area contributed by atoms with E-state index in [1.165, 1.54) is 0 Å². The van der Waals surface area contributed by atoms with Gasteiger partial charge in [0.15, 0.2) is 11.5 Å². The van der Waals surface area contributed by atoms with Gasteiger partial charge in [0.1, 0.15) is 0 Å². The Bertz CT molecular complexity index is 1100. The van der Waals surface area contributed by atoms with Gasteiger partial charge in [0, 0.05) is 36.2 Å². The number of hydrogen-bond acceptors (Lipinski definition) is 6. The van der Waals surface area contributed by atoms with E-state index in [4.69, 9.17) is 25.8 Å². The third-order valence-electron chi connectivity index (χ3n) is 5.28. The second kappa shape index (κ2) is 9.41. The first-order valence-electron chi connectivity index (χ1n) is 10.0. The van der Waals surface area contributed by atoms with Gasteiger partial charge in [-0.15, -0.1) is 0 Å². The topological polar surface area (TPSA) is 72.9 Å². The number of carbonyl (C=O) groups is 1. The Balaban J connectivity index is 1.70. The first kappa shape index (κ1) is 21.2. The molecule has 2 heterocycles. The van der Waals surface area contributed by atoms with Gasteiger partial charge in [0.2, 0.25) is 0 Å². The third kappa shape index (κ3) is 4.52. The number of pyridine rings is 1. The van der Waals surface area contributed by atoms with E-state index in [-0.39, 0.29) is 5.91 Å². The minimum absolute atomic E-state index is 0.0764. The van der Waals surface area contributed by atoms with Crippen molar-refractivity contribution in [2.24, 2.45) is 0 Å². The van der Waals surface area contributed by atoms with Crippen LogP contribution in [0, 0.1) is 0 Å². The summed E-state index contributed by atoms with van der Waals surface area (Å²) in [6, 6.07) is 11.2. The molecule has 2 aromatic carbocycles. The number of ether oxygens (including phenoxy) is 3. The summed E-state index contributed by atoms with van der Waals surface area (Å²) >= 11 is 6.26. The molecule has 31 heavy (non-hydrogen) atoms. The normalized spacial score (nSPS) is 13.8. The highest BCUT2D eigenvalue weighted by Gasteiger charge is 2.23. The van der Waals surface area contributed by atoms with Crippen LogP contribution < -0.4 is 14.8 Å². The lowest BCUT2D eigenvalue weighted by Crippen LogP contribution is -2.41. The van der Waals surface area contributed by atoms with Crippen molar-refractivity contribution in [2.45, 2.75) is 6.54 Å². The number of carbonyl (C=O) groups excluding carboxylic acids is 1. The van der Waals surface area contributed by atoms with Gasteiger partial charge < -0.3 is 24.4 Å². The number of anilines is 1. The molecule has 1 N–H and O–H groups in total. The molecule has 1 aliphatic rings. The molecule has 0 unspecified atom stereocenters. The maximum atomic E-state index is 13.3. The number of hydrogen-bond donors (Lipinski definition) is 1. The van der Waals surface area contributed by atoms with Gasteiger partial charge in [-0.05, 0) is 35.9 Å². The maximum Gasteiger partial charge on any atom is 0.257 e. The smallest absolute Gasteiger partial charge is 0.257 e. The lowest BCUT2D eigenvalue weighted by atomic mass is 10.1. The Hall–Kier alpha value is -3.03. The molecular weight excluding hydrogens is 418 g/mol. The molecule has 0 bridgehead atoms. The van der Waals surface area contributed by atoms with Crippen molar-refractivity contribution in [1.82, 2.24) is 9.88 Å². The number of halogens is 1. The van der Waals surface area contributed by atoms with Crippen molar-refractivity contribution in [3.05, 3.63) is 58.7 Å². The van der Waals surface area contributed by atoms with Gasteiger partial charge in [0.05, 0.1) is 44.2 Å². The highest BCUT2D eigenvalue weighted by atomic mass is 35.5. The molecule has 8 heteroatoms. The van der Waals surface area contributed by atoms with Gasteiger partial charge in [-0.1, -0.05) is 17.7 Å². The van der Waals surface area contributed by atoms with Crippen LogP contribution in [0.2, 0.25) is 5.02 Å². The van der Waals surface area contributed by atoms with Crippen molar-refractivity contribution in [2.75, 3.05) is 45.8 Å². The molecule has 1 saturated heterocycles. The summed E-state index contributed by atoms with van der Waals surface area (Å²) in [5, 5.41) is 4.82. The van der Waals surface area contributed by atoms with Crippen LogP contribution in [0.4, 0.5) is 5.69 Å². The van der Waals surface area contributed by atoms with Crippen LogP contribution in [0.1, 0.15) is 15.9 Å².